The van der Waals surface area contributed by atoms with Gasteiger partial charge in [-0.2, -0.15) is 0 Å². The van der Waals surface area contributed by atoms with Gasteiger partial charge in [-0.3, -0.25) is 0 Å². The normalized spacial score (nSPS) is 13.7. The third-order valence-electron chi connectivity index (χ3n) is 2.09. The second-order valence-corrected chi connectivity index (χ2v) is 5.44. The molecular formula is C13H16S2. The highest BCUT2D eigenvalue weighted by molar-refractivity contribution is 8.00. The largest absolute Gasteiger partial charge is 0.144 e. The minimum Gasteiger partial charge on any atom is -0.144 e. The molecule has 1 rings (SSSR count). The van der Waals surface area contributed by atoms with Gasteiger partial charge in [-0.1, -0.05) is 30.4 Å². The summed E-state index contributed by atoms with van der Waals surface area (Å²) in [6.07, 6.45) is 2.02. The number of rotatable bonds is 4. The van der Waals surface area contributed by atoms with Crippen LogP contribution in [0, 0.1) is 0 Å². The molecule has 0 nitrogen and oxygen atoms in total. The van der Waals surface area contributed by atoms with Crippen LogP contribution in [0.4, 0.5) is 0 Å². The Kier molecular flexibility index (Phi) is 5.06. The first-order chi connectivity index (χ1) is 7.09. The van der Waals surface area contributed by atoms with Gasteiger partial charge in [0.15, 0.2) is 0 Å². The molecule has 0 amide bonds. The van der Waals surface area contributed by atoms with Gasteiger partial charge >= 0.3 is 0 Å². The fraction of sp³-hybridized carbons (Fsp3) is 0.231. The van der Waals surface area contributed by atoms with E-state index >= 15 is 0 Å². The summed E-state index contributed by atoms with van der Waals surface area (Å²) in [4.78, 5) is 2.11. The number of thiol groups is 1. The van der Waals surface area contributed by atoms with Crippen LogP contribution in [-0.2, 0) is 0 Å². The lowest BCUT2D eigenvalue weighted by atomic mass is 10.2. The molecule has 0 aliphatic rings. The molecule has 1 atom stereocenters. The van der Waals surface area contributed by atoms with Crippen molar-refractivity contribution in [3.63, 3.8) is 0 Å². The highest BCUT2D eigenvalue weighted by Gasteiger charge is 2.05. The first-order valence-electron chi connectivity index (χ1n) is 4.87. The molecule has 0 spiro atoms. The van der Waals surface area contributed by atoms with Crippen molar-refractivity contribution in [2.24, 2.45) is 0 Å². The molecule has 15 heavy (non-hydrogen) atoms. The molecule has 0 aliphatic heterocycles. The molecule has 0 fully saturated rings. The van der Waals surface area contributed by atoms with E-state index in [0.717, 1.165) is 4.91 Å². The minimum absolute atomic E-state index is 0.455. The van der Waals surface area contributed by atoms with Crippen molar-refractivity contribution in [1.29, 1.82) is 0 Å². The Hall–Kier alpha value is -0.600. The molecule has 0 bridgehead atoms. The maximum atomic E-state index is 4.18. The molecule has 0 N–H and O–H groups in total. The van der Waals surface area contributed by atoms with Crippen molar-refractivity contribution < 1.29 is 0 Å². The van der Waals surface area contributed by atoms with Gasteiger partial charge in [0.25, 0.3) is 0 Å². The predicted octanol–water partition coefficient (Wildman–Crippen LogP) is 4.56. The molecule has 0 unspecified atom stereocenters. The van der Waals surface area contributed by atoms with E-state index in [0.29, 0.717) is 5.25 Å². The number of thioether (sulfide) groups is 1. The maximum absolute atomic E-state index is 4.18. The van der Waals surface area contributed by atoms with E-state index in [1.165, 1.54) is 10.5 Å². The molecule has 0 aromatic heterocycles. The predicted molar refractivity (Wildman–Crippen MR) is 73.6 cm³/mol. The standard InChI is InChI=1S/C13H16S2/c1-10(9-11(2)14)12(3)15-13-7-5-4-6-8-13/h4-9,12,14H,2H2,1,3H3/b10-9-/t12-/m0/s1. The third-order valence-corrected chi connectivity index (χ3v) is 3.49. The number of benzene rings is 1. The SMILES string of the molecule is C=C(S)/C=C(/C)[C@H](C)Sc1ccccc1. The van der Waals surface area contributed by atoms with Crippen LogP contribution in [0.3, 0.4) is 0 Å². The fourth-order valence-corrected chi connectivity index (χ4v) is 2.36. The van der Waals surface area contributed by atoms with Gasteiger partial charge in [-0.25, -0.2) is 0 Å². The van der Waals surface area contributed by atoms with E-state index in [2.05, 4.69) is 57.3 Å². The zero-order valence-corrected chi connectivity index (χ0v) is 10.8. The highest BCUT2D eigenvalue weighted by atomic mass is 32.2. The Morgan fingerprint density at radius 2 is 2.00 bits per heavy atom. The summed E-state index contributed by atoms with van der Waals surface area (Å²) in [6.45, 7) is 8.07. The summed E-state index contributed by atoms with van der Waals surface area (Å²) in [6, 6.07) is 10.4. The molecule has 2 heteroatoms. The second kappa shape index (κ2) is 6.09. The monoisotopic (exact) mass is 236 g/mol. The molecular weight excluding hydrogens is 220 g/mol. The number of hydrogen-bond acceptors (Lipinski definition) is 2. The van der Waals surface area contributed by atoms with E-state index in [1.54, 1.807) is 0 Å². The average Bonchev–Trinajstić information content (AvgIpc) is 2.18. The van der Waals surface area contributed by atoms with E-state index in [9.17, 15) is 0 Å². The Morgan fingerprint density at radius 3 is 2.53 bits per heavy atom. The molecule has 0 saturated heterocycles. The van der Waals surface area contributed by atoms with Crippen molar-refractivity contribution in [3.05, 3.63) is 53.5 Å². The lowest BCUT2D eigenvalue weighted by Crippen LogP contribution is -1.97. The van der Waals surface area contributed by atoms with Gasteiger partial charge in [0.2, 0.25) is 0 Å². The van der Waals surface area contributed by atoms with Crippen LogP contribution in [0.1, 0.15) is 13.8 Å². The summed E-state index contributed by atoms with van der Waals surface area (Å²) >= 11 is 6.03. The Bertz CT molecular complexity index is 352. The van der Waals surface area contributed by atoms with E-state index in [4.69, 9.17) is 0 Å². The summed E-state index contributed by atoms with van der Waals surface area (Å²) < 4.78 is 0. The van der Waals surface area contributed by atoms with Crippen molar-refractivity contribution in [1.82, 2.24) is 0 Å². The van der Waals surface area contributed by atoms with Crippen molar-refractivity contribution in [2.45, 2.75) is 24.0 Å². The van der Waals surface area contributed by atoms with E-state index < -0.39 is 0 Å². The van der Waals surface area contributed by atoms with Crippen LogP contribution in [0.15, 0.2) is 58.4 Å². The second-order valence-electron chi connectivity index (χ2n) is 3.45. The summed E-state index contributed by atoms with van der Waals surface area (Å²) in [5, 5.41) is 0.455. The number of hydrogen-bond donors (Lipinski definition) is 1. The van der Waals surface area contributed by atoms with Gasteiger partial charge in [0.1, 0.15) is 0 Å². The van der Waals surface area contributed by atoms with Gasteiger partial charge in [0, 0.05) is 10.1 Å². The van der Waals surface area contributed by atoms with Gasteiger partial charge < -0.3 is 0 Å². The molecule has 80 valence electrons. The fourth-order valence-electron chi connectivity index (χ4n) is 1.18. The quantitative estimate of drug-likeness (QED) is 0.454. The molecule has 1 aromatic carbocycles. The summed E-state index contributed by atoms with van der Waals surface area (Å²) in [5.41, 5.74) is 1.30. The molecule has 0 heterocycles. The Balaban J connectivity index is 2.64. The lowest BCUT2D eigenvalue weighted by Gasteiger charge is -2.11. The van der Waals surface area contributed by atoms with Crippen LogP contribution in [0.5, 0.6) is 0 Å². The van der Waals surface area contributed by atoms with E-state index in [-0.39, 0.29) is 0 Å². The average molecular weight is 236 g/mol. The maximum Gasteiger partial charge on any atom is 0.0276 e. The minimum atomic E-state index is 0.455. The zero-order chi connectivity index (χ0) is 11.3. The number of allylic oxidation sites excluding steroid dienone is 1. The Morgan fingerprint density at radius 1 is 1.40 bits per heavy atom. The van der Waals surface area contributed by atoms with Crippen LogP contribution in [0.2, 0.25) is 0 Å². The first-order valence-corrected chi connectivity index (χ1v) is 6.20. The van der Waals surface area contributed by atoms with Crippen molar-refractivity contribution in [2.75, 3.05) is 0 Å². The lowest BCUT2D eigenvalue weighted by molar-refractivity contribution is 1.12. The van der Waals surface area contributed by atoms with Gasteiger partial charge in [-0.05, 0) is 37.0 Å². The van der Waals surface area contributed by atoms with Gasteiger partial charge in [-0.15, -0.1) is 24.4 Å². The third kappa shape index (κ3) is 4.63. The molecule has 0 radical (unpaired) electrons. The molecule has 0 saturated carbocycles. The van der Waals surface area contributed by atoms with E-state index in [1.807, 2.05) is 23.9 Å². The zero-order valence-electron chi connectivity index (χ0n) is 9.10. The molecule has 0 aliphatic carbocycles. The molecule has 1 aromatic rings. The van der Waals surface area contributed by atoms with Gasteiger partial charge in [0.05, 0.1) is 0 Å². The topological polar surface area (TPSA) is 0 Å². The summed E-state index contributed by atoms with van der Waals surface area (Å²) in [5.74, 6) is 0. The van der Waals surface area contributed by atoms with Crippen LogP contribution in [-0.4, -0.2) is 5.25 Å². The Labute approximate surface area is 102 Å². The highest BCUT2D eigenvalue weighted by Crippen LogP contribution is 2.27. The van der Waals surface area contributed by atoms with Crippen molar-refractivity contribution >= 4 is 24.4 Å². The summed E-state index contributed by atoms with van der Waals surface area (Å²) in [7, 11) is 0. The van der Waals surface area contributed by atoms with Crippen LogP contribution < -0.4 is 0 Å². The van der Waals surface area contributed by atoms with Crippen molar-refractivity contribution in [3.8, 4) is 0 Å². The first kappa shape index (κ1) is 12.5. The smallest absolute Gasteiger partial charge is 0.0276 e. The van der Waals surface area contributed by atoms with Crippen LogP contribution in [0.25, 0.3) is 0 Å². The van der Waals surface area contributed by atoms with Crippen LogP contribution >= 0.6 is 24.4 Å².